The number of nitrogens with zero attached hydrogens (tertiary/aromatic N) is 2. The third-order valence-electron chi connectivity index (χ3n) is 4.89. The van der Waals surface area contributed by atoms with Gasteiger partial charge in [0, 0.05) is 22.6 Å². The standard InChI is InChI=1S/C20H18F12N2OSi2/c1-36(2,33-15-7-11(17(21,22)23)5-12(8-15)18(24,25)26)34(37(3,4)35)16-9-13(19(27,28)29)6-14(10-16)20(30,31)32/h5-10H,1-4H3/q-2. The van der Waals surface area contributed by atoms with Crippen molar-refractivity contribution in [2.75, 3.05) is 4.23 Å². The summed E-state index contributed by atoms with van der Waals surface area (Å²) in [6.45, 7) is 4.22. The maximum absolute atomic E-state index is 13.4. The fraction of sp³-hybridized carbons (Fsp3) is 0.400. The van der Waals surface area contributed by atoms with E-state index in [2.05, 4.69) is 4.98 Å². The van der Waals surface area contributed by atoms with E-state index in [-0.39, 0.29) is 36.4 Å². The van der Waals surface area contributed by atoms with Gasteiger partial charge in [0.25, 0.3) is 0 Å². The van der Waals surface area contributed by atoms with E-state index in [1.165, 1.54) is 0 Å². The van der Waals surface area contributed by atoms with Gasteiger partial charge in [0.15, 0.2) is 0 Å². The molecule has 0 aromatic heterocycles. The van der Waals surface area contributed by atoms with Crippen molar-refractivity contribution in [3.8, 4) is 0 Å². The molecule has 208 valence electrons. The smallest absolute Gasteiger partial charge is 0.416 e. The second-order valence-electron chi connectivity index (χ2n) is 8.92. The van der Waals surface area contributed by atoms with Gasteiger partial charge in [-0.3, -0.25) is 0 Å². The molecule has 37 heavy (non-hydrogen) atoms. The van der Waals surface area contributed by atoms with Crippen LogP contribution in [0.1, 0.15) is 22.3 Å². The number of rotatable bonds is 5. The zero-order valence-corrected chi connectivity index (χ0v) is 21.3. The third-order valence-corrected chi connectivity index (χ3v) is 11.6. The first kappa shape index (κ1) is 30.8. The largest absolute Gasteiger partial charge is 0.844 e. The zero-order chi connectivity index (χ0) is 29.0. The molecule has 0 fully saturated rings. The summed E-state index contributed by atoms with van der Waals surface area (Å²) in [5, 5.41) is 0. The van der Waals surface area contributed by atoms with Crippen molar-refractivity contribution in [3.05, 3.63) is 63.6 Å². The predicted molar refractivity (Wildman–Crippen MR) is 113 cm³/mol. The molecule has 0 unspecified atom stereocenters. The number of hydrogen-bond acceptors (Lipinski definition) is 2. The highest BCUT2D eigenvalue weighted by Gasteiger charge is 2.40. The van der Waals surface area contributed by atoms with Crippen molar-refractivity contribution < 1.29 is 57.5 Å². The van der Waals surface area contributed by atoms with E-state index < -0.39 is 75.2 Å². The molecule has 0 bridgehead atoms. The Hall–Kier alpha value is -2.41. The quantitative estimate of drug-likeness (QED) is 0.263. The molecule has 0 aliphatic rings. The minimum Gasteiger partial charge on any atom is -0.844 e. The average molecular weight is 587 g/mol. The van der Waals surface area contributed by atoms with E-state index in [0.717, 1.165) is 26.2 Å². The lowest BCUT2D eigenvalue weighted by atomic mass is 10.1. The van der Waals surface area contributed by atoms with Crippen LogP contribution in [0.25, 0.3) is 4.98 Å². The first-order valence-corrected chi connectivity index (χ1v) is 15.8. The summed E-state index contributed by atoms with van der Waals surface area (Å²) in [7, 11) is -8.25. The van der Waals surface area contributed by atoms with Crippen LogP contribution < -0.4 is 9.03 Å². The maximum Gasteiger partial charge on any atom is 0.416 e. The van der Waals surface area contributed by atoms with Crippen LogP contribution in [0, 0.1) is 0 Å². The van der Waals surface area contributed by atoms with Crippen LogP contribution in [-0.2, 0) is 24.7 Å². The van der Waals surface area contributed by atoms with Crippen molar-refractivity contribution in [1.82, 2.24) is 0 Å². The van der Waals surface area contributed by atoms with Gasteiger partial charge >= 0.3 is 24.7 Å². The maximum atomic E-state index is 13.4. The summed E-state index contributed by atoms with van der Waals surface area (Å²) < 4.78 is 160. The minimum absolute atomic E-state index is 0.167. The molecule has 3 nitrogen and oxygen atoms in total. The molecule has 0 amide bonds. The minimum atomic E-state index is -5.26. The second kappa shape index (κ2) is 9.41. The van der Waals surface area contributed by atoms with Crippen molar-refractivity contribution >= 4 is 28.3 Å². The Morgan fingerprint density at radius 1 is 0.568 bits per heavy atom. The van der Waals surface area contributed by atoms with E-state index in [0.29, 0.717) is 4.23 Å². The van der Waals surface area contributed by atoms with Crippen LogP contribution >= 0.6 is 0 Å². The topological polar surface area (TPSA) is 40.4 Å². The van der Waals surface area contributed by atoms with Crippen LogP contribution in [0.3, 0.4) is 0 Å². The number of halogens is 12. The molecule has 0 radical (unpaired) electrons. The van der Waals surface area contributed by atoms with Crippen LogP contribution in [0.15, 0.2) is 36.4 Å². The Bertz CT molecular complexity index is 1070. The molecule has 0 spiro atoms. The Kier molecular flexibility index (Phi) is 7.83. The van der Waals surface area contributed by atoms with Crippen LogP contribution in [0.5, 0.6) is 0 Å². The Morgan fingerprint density at radius 2 is 0.865 bits per heavy atom. The molecule has 0 atom stereocenters. The first-order valence-electron chi connectivity index (χ1n) is 10.1. The lowest BCUT2D eigenvalue weighted by Crippen LogP contribution is -2.69. The molecule has 2 aromatic rings. The Morgan fingerprint density at radius 3 is 1.14 bits per heavy atom. The fourth-order valence-electron chi connectivity index (χ4n) is 3.72. The van der Waals surface area contributed by atoms with Gasteiger partial charge < -0.3 is 14.0 Å². The summed E-state index contributed by atoms with van der Waals surface area (Å²) >= 11 is 0. The average Bonchev–Trinajstić information content (AvgIpc) is 2.62. The number of alkyl halides is 12. The SMILES string of the molecule is C[Si](C)([O-])N(c1cc(C(F)(F)F)cc(C(F)(F)F)c1)[Si](C)(C)[N-]c1cc(C(F)(F)F)cc(C(F)(F)F)c1. The second-order valence-corrected chi connectivity index (χ2v) is 16.4. The summed E-state index contributed by atoms with van der Waals surface area (Å²) in [5.41, 5.74) is -8.67. The summed E-state index contributed by atoms with van der Waals surface area (Å²) in [6, 6.07) is 0.734. The molecule has 2 aromatic carbocycles. The third kappa shape index (κ3) is 7.56. The lowest BCUT2D eigenvalue weighted by molar-refractivity contribution is -0.205. The van der Waals surface area contributed by atoms with E-state index in [9.17, 15) is 57.5 Å². The number of hydrogen-bond donors (Lipinski definition) is 0. The van der Waals surface area contributed by atoms with Gasteiger partial charge in [-0.25, -0.2) is 0 Å². The van der Waals surface area contributed by atoms with Crippen molar-refractivity contribution in [3.63, 3.8) is 0 Å². The van der Waals surface area contributed by atoms with Gasteiger partial charge in [-0.05, 0) is 24.3 Å². The Balaban J connectivity index is 2.75. The van der Waals surface area contributed by atoms with Gasteiger partial charge in [0.2, 0.25) is 0 Å². The monoisotopic (exact) mass is 586 g/mol. The van der Waals surface area contributed by atoms with E-state index in [4.69, 9.17) is 0 Å². The number of benzene rings is 2. The molecular weight excluding hydrogens is 568 g/mol. The normalized spacial score (nSPS) is 14.1. The summed E-state index contributed by atoms with van der Waals surface area (Å²) in [6.07, 6.45) is -21.0. The molecule has 0 heterocycles. The molecule has 17 heteroatoms. The highest BCUT2D eigenvalue weighted by Crippen LogP contribution is 2.44. The van der Waals surface area contributed by atoms with Gasteiger partial charge in [-0.2, -0.15) is 52.7 Å². The van der Waals surface area contributed by atoms with Crippen LogP contribution in [0.4, 0.5) is 64.1 Å². The lowest BCUT2D eigenvalue weighted by Gasteiger charge is -2.60. The van der Waals surface area contributed by atoms with Crippen molar-refractivity contribution in [2.24, 2.45) is 0 Å². The molecule has 0 N–H and O–H groups in total. The van der Waals surface area contributed by atoms with Crippen LogP contribution in [-0.4, -0.2) is 16.9 Å². The molecule has 0 aliphatic heterocycles. The molecule has 2 rings (SSSR count). The zero-order valence-electron chi connectivity index (χ0n) is 19.3. The Labute approximate surface area is 205 Å². The van der Waals surface area contributed by atoms with E-state index >= 15 is 0 Å². The van der Waals surface area contributed by atoms with Crippen LogP contribution in [0.2, 0.25) is 26.2 Å². The van der Waals surface area contributed by atoms with Gasteiger partial charge in [0.1, 0.15) is 0 Å². The number of anilines is 1. The molecular formula is C20H18F12N2OSi2-2. The van der Waals surface area contributed by atoms with Gasteiger partial charge in [-0.15, -0.1) is 5.69 Å². The first-order chi connectivity index (χ1) is 16.2. The predicted octanol–water partition coefficient (Wildman–Crippen LogP) is 8.04. The van der Waals surface area contributed by atoms with Crippen molar-refractivity contribution in [1.29, 1.82) is 0 Å². The summed E-state index contributed by atoms with van der Waals surface area (Å²) in [4.78, 5) is 17.0. The molecule has 0 aliphatic carbocycles. The van der Waals surface area contributed by atoms with Gasteiger partial charge in [0.05, 0.1) is 22.3 Å². The molecule has 0 saturated heterocycles. The fourth-order valence-corrected chi connectivity index (χ4v) is 11.5. The highest BCUT2D eigenvalue weighted by molar-refractivity contribution is 6.99. The van der Waals surface area contributed by atoms with Gasteiger partial charge in [-0.1, -0.05) is 38.3 Å². The van der Waals surface area contributed by atoms with E-state index in [1.54, 1.807) is 0 Å². The van der Waals surface area contributed by atoms with Crippen molar-refractivity contribution in [2.45, 2.75) is 50.9 Å². The highest BCUT2D eigenvalue weighted by atomic mass is 28.4. The van der Waals surface area contributed by atoms with E-state index in [1.807, 2.05) is 0 Å². The molecule has 0 saturated carbocycles. The summed E-state index contributed by atoms with van der Waals surface area (Å²) in [5.74, 6) is 0.